The lowest BCUT2D eigenvalue weighted by molar-refractivity contribution is 0.0833. The van der Waals surface area contributed by atoms with Crippen LogP contribution in [0.2, 0.25) is 0 Å². The maximum Gasteiger partial charge on any atom is 0.00954 e. The van der Waals surface area contributed by atoms with Crippen LogP contribution in [0.25, 0.3) is 0 Å². The SMILES string of the molecule is CCCCCCCC(CCCCCC)N1C[C@H](C)C[C@H](C)C1. The minimum absolute atomic E-state index is 0.878. The molecular formula is C21H43N. The van der Waals surface area contributed by atoms with Crippen molar-refractivity contribution in [3.8, 4) is 0 Å². The fourth-order valence-corrected chi connectivity index (χ4v) is 4.31. The molecule has 0 radical (unpaired) electrons. The van der Waals surface area contributed by atoms with Gasteiger partial charge in [-0.15, -0.1) is 0 Å². The predicted molar refractivity (Wildman–Crippen MR) is 100 cm³/mol. The third kappa shape index (κ3) is 8.56. The Hall–Kier alpha value is -0.0400. The molecule has 1 fully saturated rings. The van der Waals surface area contributed by atoms with E-state index in [1.54, 1.807) is 0 Å². The summed E-state index contributed by atoms with van der Waals surface area (Å²) in [5.74, 6) is 1.81. The van der Waals surface area contributed by atoms with Crippen LogP contribution in [0.15, 0.2) is 0 Å². The van der Waals surface area contributed by atoms with E-state index in [1.807, 2.05) is 0 Å². The minimum Gasteiger partial charge on any atom is -0.300 e. The van der Waals surface area contributed by atoms with Crippen molar-refractivity contribution in [2.24, 2.45) is 11.8 Å². The van der Waals surface area contributed by atoms with Gasteiger partial charge in [-0.05, 0) is 31.1 Å². The number of hydrogen-bond donors (Lipinski definition) is 0. The summed E-state index contributed by atoms with van der Waals surface area (Å²) in [6, 6.07) is 0.878. The van der Waals surface area contributed by atoms with Crippen LogP contribution in [0.4, 0.5) is 0 Å². The molecule has 0 N–H and O–H groups in total. The Morgan fingerprint density at radius 2 is 1.18 bits per heavy atom. The van der Waals surface area contributed by atoms with Crippen LogP contribution in [0, 0.1) is 11.8 Å². The van der Waals surface area contributed by atoms with Gasteiger partial charge >= 0.3 is 0 Å². The van der Waals surface area contributed by atoms with Crippen molar-refractivity contribution in [1.29, 1.82) is 0 Å². The first-order valence-electron chi connectivity index (χ1n) is 10.4. The summed E-state index contributed by atoms with van der Waals surface area (Å²) in [7, 11) is 0. The first-order valence-corrected chi connectivity index (χ1v) is 10.4. The number of unbranched alkanes of at least 4 members (excludes halogenated alkanes) is 7. The lowest BCUT2D eigenvalue weighted by Gasteiger charge is -2.40. The molecule has 1 heterocycles. The fraction of sp³-hybridized carbons (Fsp3) is 1.00. The van der Waals surface area contributed by atoms with E-state index in [-0.39, 0.29) is 0 Å². The summed E-state index contributed by atoms with van der Waals surface area (Å²) >= 11 is 0. The molecule has 0 spiro atoms. The first kappa shape index (κ1) is 20.0. The van der Waals surface area contributed by atoms with Crippen LogP contribution >= 0.6 is 0 Å². The Bertz CT molecular complexity index is 240. The molecule has 0 bridgehead atoms. The topological polar surface area (TPSA) is 3.24 Å². The highest BCUT2D eigenvalue weighted by atomic mass is 15.2. The van der Waals surface area contributed by atoms with E-state index in [4.69, 9.17) is 0 Å². The number of piperidine rings is 1. The second-order valence-corrected chi connectivity index (χ2v) is 8.11. The summed E-state index contributed by atoms with van der Waals surface area (Å²) in [6.45, 7) is 12.3. The van der Waals surface area contributed by atoms with E-state index in [0.29, 0.717) is 0 Å². The Kier molecular flexibility index (Phi) is 11.3. The van der Waals surface area contributed by atoms with Gasteiger partial charge in [-0.1, -0.05) is 85.5 Å². The Balaban J connectivity index is 2.38. The van der Waals surface area contributed by atoms with Gasteiger partial charge in [0.1, 0.15) is 0 Å². The van der Waals surface area contributed by atoms with Gasteiger partial charge in [0, 0.05) is 19.1 Å². The fourth-order valence-electron chi connectivity index (χ4n) is 4.31. The van der Waals surface area contributed by atoms with Gasteiger partial charge in [-0.25, -0.2) is 0 Å². The second kappa shape index (κ2) is 12.4. The molecule has 0 saturated carbocycles. The molecule has 0 aromatic heterocycles. The van der Waals surface area contributed by atoms with Crippen LogP contribution < -0.4 is 0 Å². The third-order valence-corrected chi connectivity index (χ3v) is 5.45. The van der Waals surface area contributed by atoms with Crippen molar-refractivity contribution in [2.45, 2.75) is 111 Å². The Morgan fingerprint density at radius 3 is 1.68 bits per heavy atom. The summed E-state index contributed by atoms with van der Waals surface area (Å²) in [5, 5.41) is 0. The van der Waals surface area contributed by atoms with E-state index in [2.05, 4.69) is 32.6 Å². The summed E-state index contributed by atoms with van der Waals surface area (Å²) in [6.07, 6.45) is 17.2. The molecule has 0 aliphatic carbocycles. The molecule has 3 atom stereocenters. The van der Waals surface area contributed by atoms with Crippen molar-refractivity contribution in [2.75, 3.05) is 13.1 Å². The molecule has 132 valence electrons. The van der Waals surface area contributed by atoms with Crippen LogP contribution in [-0.4, -0.2) is 24.0 Å². The van der Waals surface area contributed by atoms with Gasteiger partial charge in [-0.2, -0.15) is 0 Å². The molecule has 1 nitrogen and oxygen atoms in total. The normalized spacial score (nSPS) is 24.5. The van der Waals surface area contributed by atoms with Gasteiger partial charge in [-0.3, -0.25) is 4.90 Å². The average molecular weight is 310 g/mol. The lowest BCUT2D eigenvalue weighted by Crippen LogP contribution is -2.45. The smallest absolute Gasteiger partial charge is 0.00954 e. The maximum atomic E-state index is 2.87. The van der Waals surface area contributed by atoms with E-state index >= 15 is 0 Å². The van der Waals surface area contributed by atoms with Crippen LogP contribution in [0.5, 0.6) is 0 Å². The summed E-state index contributed by atoms with van der Waals surface area (Å²) in [4.78, 5) is 2.87. The summed E-state index contributed by atoms with van der Waals surface area (Å²) in [5.41, 5.74) is 0. The molecule has 0 aromatic rings. The quantitative estimate of drug-likeness (QED) is 0.364. The van der Waals surface area contributed by atoms with Crippen molar-refractivity contribution >= 4 is 0 Å². The molecular weight excluding hydrogens is 266 g/mol. The van der Waals surface area contributed by atoms with Gasteiger partial charge in [0.15, 0.2) is 0 Å². The molecule has 1 aliphatic heterocycles. The van der Waals surface area contributed by atoms with Crippen LogP contribution in [0.3, 0.4) is 0 Å². The van der Waals surface area contributed by atoms with Crippen LogP contribution in [-0.2, 0) is 0 Å². The minimum atomic E-state index is 0.878. The number of rotatable bonds is 12. The average Bonchev–Trinajstić information content (AvgIpc) is 2.48. The molecule has 1 saturated heterocycles. The van der Waals surface area contributed by atoms with Gasteiger partial charge in [0.25, 0.3) is 0 Å². The van der Waals surface area contributed by atoms with Crippen LogP contribution in [0.1, 0.15) is 105 Å². The first-order chi connectivity index (χ1) is 10.7. The zero-order valence-corrected chi connectivity index (χ0v) is 16.1. The van der Waals surface area contributed by atoms with E-state index in [0.717, 1.165) is 17.9 Å². The highest BCUT2D eigenvalue weighted by Gasteiger charge is 2.26. The van der Waals surface area contributed by atoms with Gasteiger partial charge in [0.05, 0.1) is 0 Å². The van der Waals surface area contributed by atoms with E-state index < -0.39 is 0 Å². The maximum absolute atomic E-state index is 2.87. The van der Waals surface area contributed by atoms with Crippen molar-refractivity contribution in [3.05, 3.63) is 0 Å². The largest absolute Gasteiger partial charge is 0.300 e. The van der Waals surface area contributed by atoms with E-state index in [9.17, 15) is 0 Å². The lowest BCUT2D eigenvalue weighted by atomic mass is 9.89. The van der Waals surface area contributed by atoms with Crippen molar-refractivity contribution in [3.63, 3.8) is 0 Å². The molecule has 1 heteroatoms. The van der Waals surface area contributed by atoms with Gasteiger partial charge in [0.2, 0.25) is 0 Å². The molecule has 1 rings (SSSR count). The number of hydrogen-bond acceptors (Lipinski definition) is 1. The third-order valence-electron chi connectivity index (χ3n) is 5.45. The zero-order chi connectivity index (χ0) is 16.2. The standard InChI is InChI=1S/C21H43N/c1-5-7-9-11-13-15-21(14-12-10-8-6-2)22-17-19(3)16-20(4)18-22/h19-21H,5-18H2,1-4H3/t19-,20+,21?. The zero-order valence-electron chi connectivity index (χ0n) is 16.1. The van der Waals surface area contributed by atoms with Crippen molar-refractivity contribution in [1.82, 2.24) is 4.90 Å². The molecule has 0 amide bonds. The molecule has 1 aliphatic rings. The highest BCUT2D eigenvalue weighted by Crippen LogP contribution is 2.27. The number of likely N-dealkylation sites (tertiary alicyclic amines) is 1. The number of nitrogens with zero attached hydrogens (tertiary/aromatic N) is 1. The monoisotopic (exact) mass is 309 g/mol. The second-order valence-electron chi connectivity index (χ2n) is 8.11. The van der Waals surface area contributed by atoms with Gasteiger partial charge < -0.3 is 0 Å². The van der Waals surface area contributed by atoms with E-state index in [1.165, 1.54) is 90.1 Å². The predicted octanol–water partition coefficient (Wildman–Crippen LogP) is 6.66. The van der Waals surface area contributed by atoms with Crippen molar-refractivity contribution < 1.29 is 0 Å². The molecule has 22 heavy (non-hydrogen) atoms. The Morgan fingerprint density at radius 1 is 0.727 bits per heavy atom. The Labute approximate surface area is 141 Å². The molecule has 1 unspecified atom stereocenters. The summed E-state index contributed by atoms with van der Waals surface area (Å²) < 4.78 is 0. The molecule has 0 aromatic carbocycles. The highest BCUT2D eigenvalue weighted by molar-refractivity contribution is 4.81.